The first-order chi connectivity index (χ1) is 8.17. The van der Waals surface area contributed by atoms with E-state index in [1.54, 1.807) is 0 Å². The standard InChI is InChI=1S/C12H15BrClNOS/c13-9-4-7-17-10(9)11(16)15-12(8-14)5-2-1-3-6-12/h4,7H,1-3,5-6,8H2,(H,15,16). The summed E-state index contributed by atoms with van der Waals surface area (Å²) in [6.07, 6.45) is 5.53. The predicted octanol–water partition coefficient (Wildman–Crippen LogP) is 4.18. The Morgan fingerprint density at radius 2 is 2.18 bits per heavy atom. The van der Waals surface area contributed by atoms with E-state index < -0.39 is 0 Å². The molecule has 0 aromatic carbocycles. The van der Waals surface area contributed by atoms with Crippen LogP contribution < -0.4 is 5.32 Å². The Balaban J connectivity index is 2.08. The van der Waals surface area contributed by atoms with Crippen molar-refractivity contribution in [1.29, 1.82) is 0 Å². The summed E-state index contributed by atoms with van der Waals surface area (Å²) in [6.45, 7) is 0. The van der Waals surface area contributed by atoms with Gasteiger partial charge in [-0.15, -0.1) is 22.9 Å². The third kappa shape index (κ3) is 3.04. The molecule has 0 spiro atoms. The number of halogens is 2. The lowest BCUT2D eigenvalue weighted by Gasteiger charge is -2.36. The van der Waals surface area contributed by atoms with Gasteiger partial charge in [-0.3, -0.25) is 4.79 Å². The van der Waals surface area contributed by atoms with Gasteiger partial charge in [-0.25, -0.2) is 0 Å². The second-order valence-electron chi connectivity index (χ2n) is 4.53. The number of nitrogens with one attached hydrogen (secondary N) is 1. The van der Waals surface area contributed by atoms with E-state index in [4.69, 9.17) is 11.6 Å². The Kier molecular flexibility index (Phi) is 4.50. The first kappa shape index (κ1) is 13.4. The molecule has 1 aliphatic rings. The van der Waals surface area contributed by atoms with Gasteiger partial charge >= 0.3 is 0 Å². The lowest BCUT2D eigenvalue weighted by molar-refractivity contribution is 0.0888. The van der Waals surface area contributed by atoms with Crippen LogP contribution in [0.25, 0.3) is 0 Å². The number of carbonyl (C=O) groups excluding carboxylic acids is 1. The minimum atomic E-state index is -0.194. The second kappa shape index (κ2) is 5.72. The van der Waals surface area contributed by atoms with Crippen molar-refractivity contribution in [3.05, 3.63) is 20.8 Å². The van der Waals surface area contributed by atoms with Gasteiger partial charge in [-0.2, -0.15) is 0 Å². The van der Waals surface area contributed by atoms with Crippen molar-refractivity contribution >= 4 is 44.8 Å². The Hall–Kier alpha value is -0.0600. The molecule has 1 heterocycles. The van der Waals surface area contributed by atoms with E-state index in [0.717, 1.165) is 35.0 Å². The molecular formula is C12H15BrClNOS. The third-order valence-electron chi connectivity index (χ3n) is 3.27. The number of hydrogen-bond donors (Lipinski definition) is 1. The van der Waals surface area contributed by atoms with Crippen LogP contribution in [0.4, 0.5) is 0 Å². The summed E-state index contributed by atoms with van der Waals surface area (Å²) < 4.78 is 0.862. The lowest BCUT2D eigenvalue weighted by atomic mass is 9.83. The van der Waals surface area contributed by atoms with E-state index in [1.165, 1.54) is 17.8 Å². The molecule has 2 rings (SSSR count). The number of amides is 1. The molecule has 2 nitrogen and oxygen atoms in total. The first-order valence-electron chi connectivity index (χ1n) is 5.78. The van der Waals surface area contributed by atoms with Crippen LogP contribution in [-0.4, -0.2) is 17.3 Å². The molecule has 1 aromatic rings. The smallest absolute Gasteiger partial charge is 0.262 e. The van der Waals surface area contributed by atoms with Gasteiger partial charge in [-0.1, -0.05) is 19.3 Å². The second-order valence-corrected chi connectivity index (χ2v) is 6.56. The molecule has 1 saturated carbocycles. The van der Waals surface area contributed by atoms with E-state index in [1.807, 2.05) is 11.4 Å². The van der Waals surface area contributed by atoms with E-state index in [2.05, 4.69) is 21.2 Å². The molecule has 94 valence electrons. The molecule has 17 heavy (non-hydrogen) atoms. The maximum atomic E-state index is 12.2. The van der Waals surface area contributed by atoms with E-state index in [0.29, 0.717) is 5.88 Å². The number of rotatable bonds is 3. The fourth-order valence-electron chi connectivity index (χ4n) is 2.27. The Labute approximate surface area is 119 Å². The summed E-state index contributed by atoms with van der Waals surface area (Å²) in [6, 6.07) is 1.90. The van der Waals surface area contributed by atoms with Gasteiger partial charge in [0.1, 0.15) is 4.88 Å². The highest BCUT2D eigenvalue weighted by Gasteiger charge is 2.33. The van der Waals surface area contributed by atoms with Crippen molar-refractivity contribution in [1.82, 2.24) is 5.32 Å². The van der Waals surface area contributed by atoms with Crippen molar-refractivity contribution < 1.29 is 4.79 Å². The molecule has 1 aliphatic carbocycles. The van der Waals surface area contributed by atoms with E-state index in [9.17, 15) is 4.79 Å². The summed E-state index contributed by atoms with van der Waals surface area (Å²) >= 11 is 10.9. The van der Waals surface area contributed by atoms with Gasteiger partial charge in [0.15, 0.2) is 0 Å². The van der Waals surface area contributed by atoms with Crippen molar-refractivity contribution in [3.63, 3.8) is 0 Å². The van der Waals surface area contributed by atoms with Gasteiger partial charge in [0.25, 0.3) is 5.91 Å². The van der Waals surface area contributed by atoms with Crippen LogP contribution in [0.3, 0.4) is 0 Å². The fourth-order valence-corrected chi connectivity index (χ4v) is 4.05. The molecule has 0 saturated heterocycles. The molecular weight excluding hydrogens is 322 g/mol. The highest BCUT2D eigenvalue weighted by Crippen LogP contribution is 2.31. The van der Waals surface area contributed by atoms with Gasteiger partial charge in [0, 0.05) is 10.4 Å². The Morgan fingerprint density at radius 3 is 2.71 bits per heavy atom. The van der Waals surface area contributed by atoms with Crippen molar-refractivity contribution in [2.75, 3.05) is 5.88 Å². The third-order valence-corrected chi connectivity index (χ3v) is 5.62. The molecule has 0 unspecified atom stereocenters. The summed E-state index contributed by atoms with van der Waals surface area (Å²) in [7, 11) is 0. The van der Waals surface area contributed by atoms with Crippen LogP contribution >= 0.6 is 38.9 Å². The van der Waals surface area contributed by atoms with Crippen LogP contribution in [-0.2, 0) is 0 Å². The molecule has 1 N–H and O–H groups in total. The van der Waals surface area contributed by atoms with Gasteiger partial charge in [-0.05, 0) is 40.2 Å². The largest absolute Gasteiger partial charge is 0.345 e. The van der Waals surface area contributed by atoms with Crippen LogP contribution in [0.2, 0.25) is 0 Å². The molecule has 0 radical (unpaired) electrons. The summed E-state index contributed by atoms with van der Waals surface area (Å²) in [5.74, 6) is 0.497. The molecule has 1 fully saturated rings. The normalized spacial score (nSPS) is 18.9. The molecule has 0 bridgehead atoms. The minimum absolute atomic E-state index is 0.00516. The SMILES string of the molecule is O=C(NC1(CCl)CCCCC1)c1sccc1Br. The maximum Gasteiger partial charge on any atom is 0.262 e. The average molecular weight is 337 g/mol. The first-order valence-corrected chi connectivity index (χ1v) is 7.99. The average Bonchev–Trinajstić information content (AvgIpc) is 2.77. The zero-order chi connectivity index (χ0) is 12.3. The quantitative estimate of drug-likeness (QED) is 0.824. The topological polar surface area (TPSA) is 29.1 Å². The van der Waals surface area contributed by atoms with Crippen molar-refractivity contribution in [2.24, 2.45) is 0 Å². The molecule has 5 heteroatoms. The van der Waals surface area contributed by atoms with Gasteiger partial charge in [0.05, 0.1) is 5.54 Å². The van der Waals surface area contributed by atoms with Gasteiger partial charge in [0.2, 0.25) is 0 Å². The zero-order valence-corrected chi connectivity index (χ0v) is 12.6. The monoisotopic (exact) mass is 335 g/mol. The predicted molar refractivity (Wildman–Crippen MR) is 76.0 cm³/mol. The number of thiophene rings is 1. The molecule has 1 aromatic heterocycles. The van der Waals surface area contributed by atoms with Crippen LogP contribution in [0.15, 0.2) is 15.9 Å². The van der Waals surface area contributed by atoms with Crippen LogP contribution in [0.1, 0.15) is 41.8 Å². The van der Waals surface area contributed by atoms with Crippen molar-refractivity contribution in [3.8, 4) is 0 Å². The van der Waals surface area contributed by atoms with E-state index >= 15 is 0 Å². The molecule has 0 aliphatic heterocycles. The Morgan fingerprint density at radius 1 is 1.47 bits per heavy atom. The molecule has 1 amide bonds. The minimum Gasteiger partial charge on any atom is -0.345 e. The number of alkyl halides is 1. The maximum absolute atomic E-state index is 12.2. The van der Waals surface area contributed by atoms with Crippen LogP contribution in [0.5, 0.6) is 0 Å². The highest BCUT2D eigenvalue weighted by molar-refractivity contribution is 9.10. The summed E-state index contributed by atoms with van der Waals surface area (Å²) in [4.78, 5) is 12.9. The summed E-state index contributed by atoms with van der Waals surface area (Å²) in [5.41, 5.74) is -0.194. The van der Waals surface area contributed by atoms with Crippen molar-refractivity contribution in [2.45, 2.75) is 37.6 Å². The van der Waals surface area contributed by atoms with E-state index in [-0.39, 0.29) is 11.4 Å². The van der Waals surface area contributed by atoms with Crippen LogP contribution in [0, 0.1) is 0 Å². The Bertz CT molecular complexity index is 401. The summed E-state index contributed by atoms with van der Waals surface area (Å²) in [5, 5.41) is 5.04. The highest BCUT2D eigenvalue weighted by atomic mass is 79.9. The van der Waals surface area contributed by atoms with Gasteiger partial charge < -0.3 is 5.32 Å². The molecule has 0 atom stereocenters. The number of hydrogen-bond acceptors (Lipinski definition) is 2. The number of carbonyl (C=O) groups is 1. The lowest BCUT2D eigenvalue weighted by Crippen LogP contribution is -2.51. The fraction of sp³-hybridized carbons (Fsp3) is 0.583. The zero-order valence-electron chi connectivity index (χ0n) is 9.47.